The first-order valence-electron chi connectivity index (χ1n) is 7.19. The minimum absolute atomic E-state index is 0.143. The summed E-state index contributed by atoms with van der Waals surface area (Å²) in [6.45, 7) is 0.580. The van der Waals surface area contributed by atoms with Gasteiger partial charge in [-0.25, -0.2) is 0 Å². The summed E-state index contributed by atoms with van der Waals surface area (Å²) < 4.78 is 0. The molecule has 0 aromatic heterocycles. The summed E-state index contributed by atoms with van der Waals surface area (Å²) in [7, 11) is 0. The summed E-state index contributed by atoms with van der Waals surface area (Å²) in [5.41, 5.74) is 7.71. The van der Waals surface area contributed by atoms with E-state index in [4.69, 9.17) is 5.73 Å². The second-order valence-corrected chi connectivity index (χ2v) is 4.96. The van der Waals surface area contributed by atoms with Gasteiger partial charge in [-0.3, -0.25) is 9.59 Å². The van der Waals surface area contributed by atoms with Crippen LogP contribution < -0.4 is 11.1 Å². The van der Waals surface area contributed by atoms with Crippen molar-refractivity contribution in [2.24, 2.45) is 5.73 Å². The lowest BCUT2D eigenvalue weighted by atomic mass is 10.0. The van der Waals surface area contributed by atoms with Crippen LogP contribution in [-0.4, -0.2) is 18.4 Å². The van der Waals surface area contributed by atoms with E-state index in [2.05, 4.69) is 5.32 Å². The number of hydrogen-bond donors (Lipinski definition) is 2. The van der Waals surface area contributed by atoms with E-state index in [-0.39, 0.29) is 5.91 Å². The van der Waals surface area contributed by atoms with Gasteiger partial charge in [0.05, 0.1) is 6.42 Å². The molecule has 0 saturated carbocycles. The molecule has 0 fully saturated rings. The lowest BCUT2D eigenvalue weighted by molar-refractivity contribution is -0.117. The largest absolute Gasteiger partial charge is 0.366 e. The van der Waals surface area contributed by atoms with Crippen molar-refractivity contribution in [3.05, 3.63) is 77.7 Å². The van der Waals surface area contributed by atoms with E-state index in [1.165, 1.54) is 12.0 Å². The van der Waals surface area contributed by atoms with Gasteiger partial charge in [0.25, 0.3) is 0 Å². The summed E-state index contributed by atoms with van der Waals surface area (Å²) in [5.74, 6) is -0.622. The highest BCUT2D eigenvalue weighted by Crippen LogP contribution is 2.10. The average Bonchev–Trinajstić information content (AvgIpc) is 2.54. The first-order chi connectivity index (χ1) is 10.7. The van der Waals surface area contributed by atoms with Crippen LogP contribution in [0.2, 0.25) is 0 Å². The molecule has 3 N–H and O–H groups in total. The Hall–Kier alpha value is -2.62. The third-order valence-electron chi connectivity index (χ3n) is 3.35. The normalized spacial score (nSPS) is 10.2. The fourth-order valence-corrected chi connectivity index (χ4v) is 2.19. The Labute approximate surface area is 130 Å². The molecule has 2 amide bonds. The summed E-state index contributed by atoms with van der Waals surface area (Å²) in [6, 6.07) is 17.0. The van der Waals surface area contributed by atoms with Crippen LogP contribution >= 0.6 is 0 Å². The van der Waals surface area contributed by atoms with E-state index >= 15 is 0 Å². The van der Waals surface area contributed by atoms with Crippen molar-refractivity contribution in [2.75, 3.05) is 6.54 Å². The van der Waals surface area contributed by atoms with Crippen molar-refractivity contribution in [3.8, 4) is 0 Å². The zero-order valence-corrected chi connectivity index (χ0v) is 12.3. The predicted octanol–water partition coefficient (Wildman–Crippen LogP) is 1.89. The van der Waals surface area contributed by atoms with Gasteiger partial charge in [-0.2, -0.15) is 0 Å². The quantitative estimate of drug-likeness (QED) is 0.818. The highest BCUT2D eigenvalue weighted by molar-refractivity contribution is 5.94. The van der Waals surface area contributed by atoms with E-state index in [0.717, 1.165) is 12.0 Å². The summed E-state index contributed by atoms with van der Waals surface area (Å²) in [5, 5.41) is 2.84. The van der Waals surface area contributed by atoms with Crippen molar-refractivity contribution in [1.29, 1.82) is 0 Å². The van der Waals surface area contributed by atoms with Crippen molar-refractivity contribution >= 4 is 11.8 Å². The van der Waals surface area contributed by atoms with Gasteiger partial charge >= 0.3 is 0 Å². The molecule has 0 unspecified atom stereocenters. The second kappa shape index (κ2) is 7.98. The third-order valence-corrected chi connectivity index (χ3v) is 3.35. The van der Waals surface area contributed by atoms with E-state index in [0.29, 0.717) is 18.5 Å². The lowest BCUT2D eigenvalue weighted by Crippen LogP contribution is -2.26. The Kier molecular flexibility index (Phi) is 5.72. The van der Waals surface area contributed by atoms with Crippen LogP contribution in [0, 0.1) is 6.42 Å². The Morgan fingerprint density at radius 3 is 2.41 bits per heavy atom. The monoisotopic (exact) mass is 295 g/mol. The maximum atomic E-state index is 11.8. The van der Waals surface area contributed by atoms with Crippen molar-refractivity contribution in [1.82, 2.24) is 5.32 Å². The Balaban J connectivity index is 1.77. The topological polar surface area (TPSA) is 72.2 Å². The Morgan fingerprint density at radius 2 is 1.68 bits per heavy atom. The first-order valence-corrected chi connectivity index (χ1v) is 7.19. The van der Waals surface area contributed by atoms with Crippen LogP contribution in [0.4, 0.5) is 0 Å². The number of nitrogens with two attached hydrogens (primary N) is 1. The van der Waals surface area contributed by atoms with Gasteiger partial charge in [0.1, 0.15) is 0 Å². The van der Waals surface area contributed by atoms with Gasteiger partial charge in [0.15, 0.2) is 0 Å². The molecule has 4 nitrogen and oxygen atoms in total. The van der Waals surface area contributed by atoms with E-state index in [9.17, 15) is 9.59 Å². The SMILES string of the molecule is NC(=O)c1ccccc1C[CH]C(=O)NCCc1ccccc1. The molecule has 2 aromatic carbocycles. The Morgan fingerprint density at radius 1 is 1.00 bits per heavy atom. The van der Waals surface area contributed by atoms with Crippen LogP contribution in [0.25, 0.3) is 0 Å². The molecule has 1 radical (unpaired) electrons. The second-order valence-electron chi connectivity index (χ2n) is 4.96. The van der Waals surface area contributed by atoms with Crippen LogP contribution in [0.15, 0.2) is 54.6 Å². The molecule has 4 heteroatoms. The number of carbonyl (C=O) groups is 2. The molecule has 0 aliphatic rings. The molecule has 0 aliphatic heterocycles. The van der Waals surface area contributed by atoms with Crippen molar-refractivity contribution in [2.45, 2.75) is 12.8 Å². The molecular weight excluding hydrogens is 276 g/mol. The lowest BCUT2D eigenvalue weighted by Gasteiger charge is -2.07. The zero-order valence-electron chi connectivity index (χ0n) is 12.3. The number of rotatable bonds is 7. The van der Waals surface area contributed by atoms with Gasteiger partial charge in [-0.05, 0) is 30.0 Å². The smallest absolute Gasteiger partial charge is 0.248 e. The van der Waals surface area contributed by atoms with Crippen molar-refractivity contribution < 1.29 is 9.59 Å². The molecule has 2 rings (SSSR count). The van der Waals surface area contributed by atoms with Gasteiger partial charge in [0, 0.05) is 12.1 Å². The van der Waals surface area contributed by atoms with Crippen LogP contribution in [0.1, 0.15) is 21.5 Å². The van der Waals surface area contributed by atoms with Gasteiger partial charge in [-0.1, -0.05) is 48.5 Å². The standard InChI is InChI=1S/C18H19N2O2/c19-18(22)16-9-5-4-8-15(16)10-11-17(21)20-13-12-14-6-2-1-3-7-14/h1-9,11H,10,12-13H2,(H2,19,22)(H,20,21). The highest BCUT2D eigenvalue weighted by Gasteiger charge is 2.09. The number of primary amides is 1. The van der Waals surface area contributed by atoms with Gasteiger partial charge < -0.3 is 11.1 Å². The molecule has 0 bridgehead atoms. The first kappa shape index (κ1) is 15.8. The molecule has 113 valence electrons. The van der Waals surface area contributed by atoms with Crippen LogP contribution in [0.5, 0.6) is 0 Å². The summed E-state index contributed by atoms with van der Waals surface area (Å²) in [4.78, 5) is 23.1. The number of nitrogens with one attached hydrogen (secondary N) is 1. The maximum absolute atomic E-state index is 11.8. The van der Waals surface area contributed by atoms with Crippen molar-refractivity contribution in [3.63, 3.8) is 0 Å². The molecule has 22 heavy (non-hydrogen) atoms. The minimum Gasteiger partial charge on any atom is -0.366 e. The maximum Gasteiger partial charge on any atom is 0.248 e. The summed E-state index contributed by atoms with van der Waals surface area (Å²) in [6.07, 6.45) is 2.71. The molecule has 0 spiro atoms. The van der Waals surface area contributed by atoms with E-state index in [1.807, 2.05) is 36.4 Å². The number of amides is 2. The zero-order chi connectivity index (χ0) is 15.8. The number of benzene rings is 2. The molecule has 0 heterocycles. The summed E-state index contributed by atoms with van der Waals surface area (Å²) >= 11 is 0. The minimum atomic E-state index is -0.478. The van der Waals surface area contributed by atoms with Gasteiger partial charge in [0.2, 0.25) is 11.8 Å². The van der Waals surface area contributed by atoms with Crippen LogP contribution in [-0.2, 0) is 17.6 Å². The van der Waals surface area contributed by atoms with Crippen LogP contribution in [0.3, 0.4) is 0 Å². The Bertz CT molecular complexity index is 639. The third kappa shape index (κ3) is 4.74. The fourth-order valence-electron chi connectivity index (χ4n) is 2.19. The molecule has 0 aliphatic carbocycles. The number of carbonyl (C=O) groups excluding carboxylic acids is 2. The molecular formula is C18H19N2O2. The van der Waals surface area contributed by atoms with Gasteiger partial charge in [-0.15, -0.1) is 0 Å². The molecule has 2 aromatic rings. The molecule has 0 saturated heterocycles. The molecule has 0 atom stereocenters. The highest BCUT2D eigenvalue weighted by atomic mass is 16.1. The predicted molar refractivity (Wildman–Crippen MR) is 86.1 cm³/mol. The van der Waals surface area contributed by atoms with E-state index in [1.54, 1.807) is 18.2 Å². The van der Waals surface area contributed by atoms with E-state index < -0.39 is 5.91 Å². The number of hydrogen-bond acceptors (Lipinski definition) is 2. The fraction of sp³-hybridized carbons (Fsp3) is 0.167. The average molecular weight is 295 g/mol.